The van der Waals surface area contributed by atoms with Crippen LogP contribution in [0.1, 0.15) is 0 Å². The van der Waals surface area contributed by atoms with E-state index in [0.29, 0.717) is 0 Å². The molecule has 0 spiro atoms. The highest BCUT2D eigenvalue weighted by Crippen LogP contribution is 2.20. The molecule has 0 aliphatic heterocycles. The van der Waals surface area contributed by atoms with Gasteiger partial charge in [-0.2, -0.15) is 18.2 Å². The van der Waals surface area contributed by atoms with Crippen molar-refractivity contribution in [2.75, 3.05) is 6.54 Å². The Morgan fingerprint density at radius 2 is 2.05 bits per heavy atom. The highest BCUT2D eigenvalue weighted by Gasteiger charge is 2.27. The number of ether oxygens (including phenoxy) is 1. The van der Waals surface area contributed by atoms with Gasteiger partial charge in [-0.15, -0.1) is 0 Å². The summed E-state index contributed by atoms with van der Waals surface area (Å²) in [5.74, 6) is -0.881. The van der Waals surface area contributed by atoms with Crippen molar-refractivity contribution in [3.8, 4) is 5.75 Å². The number of halogens is 6. The van der Waals surface area contributed by atoms with Gasteiger partial charge >= 0.3 is 6.18 Å². The maximum Gasteiger partial charge on any atom is 0.405 e. The van der Waals surface area contributed by atoms with Gasteiger partial charge in [0.15, 0.2) is 4.74 Å². The van der Waals surface area contributed by atoms with Crippen LogP contribution in [0.4, 0.5) is 17.6 Å². The Balaban J connectivity index is 2.87. The minimum absolute atomic E-state index is 0.00379. The molecule has 20 heavy (non-hydrogen) atoms. The molecule has 0 bridgehead atoms. The Bertz CT molecular complexity index is 515. The molecule has 1 aromatic rings. The van der Waals surface area contributed by atoms with E-state index in [1.807, 2.05) is 5.32 Å². The third-order valence-electron chi connectivity index (χ3n) is 1.69. The molecule has 1 rings (SSSR count). The second kappa shape index (κ2) is 6.89. The van der Waals surface area contributed by atoms with Crippen molar-refractivity contribution < 1.29 is 22.3 Å². The molecule has 4 nitrogen and oxygen atoms in total. The van der Waals surface area contributed by atoms with Gasteiger partial charge in [0.1, 0.15) is 18.1 Å². The topological polar surface area (TPSA) is 57.5 Å². The van der Waals surface area contributed by atoms with Crippen molar-refractivity contribution >= 4 is 38.3 Å². The quantitative estimate of drug-likeness (QED) is 0.358. The number of nitrogens with zero attached hydrogens (tertiary/aromatic N) is 1. The van der Waals surface area contributed by atoms with Crippen LogP contribution < -0.4 is 10.1 Å². The van der Waals surface area contributed by atoms with Crippen molar-refractivity contribution in [2.45, 2.75) is 6.18 Å². The summed E-state index contributed by atoms with van der Waals surface area (Å²) in [5, 5.41) is 8.89. The van der Waals surface area contributed by atoms with Gasteiger partial charge < -0.3 is 10.1 Å². The zero-order valence-corrected chi connectivity index (χ0v) is 11.9. The van der Waals surface area contributed by atoms with Crippen LogP contribution in [0.25, 0.3) is 0 Å². The predicted octanol–water partition coefficient (Wildman–Crippen LogP) is 3.70. The van der Waals surface area contributed by atoms with Crippen molar-refractivity contribution in [3.05, 3.63) is 29.0 Å². The van der Waals surface area contributed by atoms with Gasteiger partial charge in [0, 0.05) is 11.1 Å². The Hall–Kier alpha value is -1.35. The molecule has 2 N–H and O–H groups in total. The molecule has 1 aromatic carbocycles. The molecule has 0 saturated heterocycles. The van der Waals surface area contributed by atoms with Crippen LogP contribution in [0.3, 0.4) is 0 Å². The van der Waals surface area contributed by atoms with Gasteiger partial charge in [-0.1, -0.05) is 11.6 Å². The lowest BCUT2D eigenvalue weighted by molar-refractivity contribution is -0.122. The third-order valence-corrected chi connectivity index (χ3v) is 2.09. The van der Waals surface area contributed by atoms with E-state index in [2.05, 4.69) is 20.9 Å². The largest absolute Gasteiger partial charge is 0.426 e. The third kappa shape index (κ3) is 6.71. The van der Waals surface area contributed by atoms with E-state index in [4.69, 9.17) is 21.7 Å². The average molecular weight is 377 g/mol. The Morgan fingerprint density at radius 1 is 1.40 bits per heavy atom. The van der Waals surface area contributed by atoms with Gasteiger partial charge in [0.25, 0.3) is 6.02 Å². The molecule has 0 saturated carbocycles. The van der Waals surface area contributed by atoms with E-state index in [1.165, 1.54) is 6.07 Å². The lowest BCUT2D eigenvalue weighted by Gasteiger charge is -2.12. The number of aliphatic imine (C=N–C) groups is 1. The average Bonchev–Trinajstić information content (AvgIpc) is 2.22. The monoisotopic (exact) mass is 375 g/mol. The first-order chi connectivity index (χ1) is 9.15. The SMILES string of the molecule is N=C(Br)/N=C(\NCC(F)(F)F)Oc1cc(F)cc(Cl)c1. The molecule has 110 valence electrons. The smallest absolute Gasteiger partial charge is 0.405 e. The maximum atomic E-state index is 13.1. The van der Waals surface area contributed by atoms with Crippen LogP contribution in [-0.4, -0.2) is 23.5 Å². The zero-order valence-electron chi connectivity index (χ0n) is 9.56. The maximum absolute atomic E-state index is 13.1. The van der Waals surface area contributed by atoms with E-state index in [-0.39, 0.29) is 10.8 Å². The molecular weight excluding hydrogens is 369 g/mol. The van der Waals surface area contributed by atoms with Crippen LogP contribution in [0.2, 0.25) is 5.02 Å². The van der Waals surface area contributed by atoms with Crippen molar-refractivity contribution in [3.63, 3.8) is 0 Å². The molecule has 0 aliphatic rings. The minimum atomic E-state index is -4.50. The summed E-state index contributed by atoms with van der Waals surface area (Å²) in [6, 6.07) is 2.48. The van der Waals surface area contributed by atoms with Gasteiger partial charge in [-0.3, -0.25) is 5.41 Å². The van der Waals surface area contributed by atoms with Gasteiger partial charge in [0.2, 0.25) is 0 Å². The molecule has 0 fully saturated rings. The number of hydrogen-bond acceptors (Lipinski definition) is 2. The number of alkyl halides is 3. The van der Waals surface area contributed by atoms with Crippen molar-refractivity contribution in [1.82, 2.24) is 5.32 Å². The fraction of sp³-hybridized carbons (Fsp3) is 0.200. The molecule has 0 aliphatic carbocycles. The van der Waals surface area contributed by atoms with E-state index < -0.39 is 29.3 Å². The van der Waals surface area contributed by atoms with Crippen LogP contribution in [0.15, 0.2) is 23.2 Å². The number of benzene rings is 1. The molecule has 0 radical (unpaired) electrons. The number of rotatable bonds is 2. The Morgan fingerprint density at radius 3 is 2.55 bits per heavy atom. The van der Waals surface area contributed by atoms with Crippen LogP contribution in [0.5, 0.6) is 5.75 Å². The summed E-state index contributed by atoms with van der Waals surface area (Å²) in [6.07, 6.45) is -4.50. The first kappa shape index (κ1) is 16.7. The standard InChI is InChI=1S/C10H7BrClF4N3O/c11-8(17)19-9(18-4-10(14,15)16)20-7-2-5(12)1-6(13)3-7/h1-3H,4H2,(H2,17,18,19). The predicted molar refractivity (Wildman–Crippen MR) is 70.2 cm³/mol. The molecule has 0 unspecified atom stereocenters. The lowest BCUT2D eigenvalue weighted by atomic mass is 10.3. The van der Waals surface area contributed by atoms with E-state index in [0.717, 1.165) is 12.1 Å². The van der Waals surface area contributed by atoms with E-state index in [9.17, 15) is 17.6 Å². The molecule has 0 aromatic heterocycles. The summed E-state index contributed by atoms with van der Waals surface area (Å²) in [5.41, 5.74) is 0. The minimum Gasteiger partial charge on any atom is -0.426 e. The highest BCUT2D eigenvalue weighted by molar-refractivity contribution is 9.18. The zero-order chi connectivity index (χ0) is 15.3. The second-order valence-electron chi connectivity index (χ2n) is 3.38. The van der Waals surface area contributed by atoms with Crippen LogP contribution in [-0.2, 0) is 0 Å². The summed E-state index contributed by atoms with van der Waals surface area (Å²) >= 11 is 8.21. The second-order valence-corrected chi connectivity index (χ2v) is 4.57. The summed E-state index contributed by atoms with van der Waals surface area (Å²) in [4.78, 5) is 3.35. The van der Waals surface area contributed by atoms with Crippen molar-refractivity contribution in [1.29, 1.82) is 5.41 Å². The van der Waals surface area contributed by atoms with Gasteiger partial charge in [0.05, 0.1) is 0 Å². The number of nitrogens with one attached hydrogen (secondary N) is 2. The van der Waals surface area contributed by atoms with E-state index in [1.54, 1.807) is 0 Å². The van der Waals surface area contributed by atoms with Crippen molar-refractivity contribution in [2.24, 2.45) is 4.99 Å². The van der Waals surface area contributed by atoms with Crippen LogP contribution >= 0.6 is 27.5 Å². The first-order valence-corrected chi connectivity index (χ1v) is 6.10. The summed E-state index contributed by atoms with van der Waals surface area (Å²) in [7, 11) is 0. The van der Waals surface area contributed by atoms with Crippen LogP contribution in [0, 0.1) is 11.2 Å². The fourth-order valence-corrected chi connectivity index (χ4v) is 1.44. The first-order valence-electron chi connectivity index (χ1n) is 4.93. The van der Waals surface area contributed by atoms with E-state index >= 15 is 0 Å². The van der Waals surface area contributed by atoms with Gasteiger partial charge in [-0.25, -0.2) is 4.39 Å². The summed E-state index contributed by atoms with van der Waals surface area (Å²) in [6.45, 7) is -1.42. The molecule has 0 atom stereocenters. The molecular formula is C10H7BrClF4N3O. The highest BCUT2D eigenvalue weighted by atomic mass is 79.9. The van der Waals surface area contributed by atoms with Gasteiger partial charge in [-0.05, 0) is 28.1 Å². The fourth-order valence-electron chi connectivity index (χ4n) is 1.06. The lowest BCUT2D eigenvalue weighted by Crippen LogP contribution is -2.37. The number of hydrogen-bond donors (Lipinski definition) is 2. The summed E-state index contributed by atoms with van der Waals surface area (Å²) < 4.78 is 53.8. The molecule has 0 heterocycles. The molecule has 10 heteroatoms. The molecule has 0 amide bonds. The Kier molecular flexibility index (Phi) is 5.75. The normalized spacial score (nSPS) is 12.2. The number of amidine groups is 2. The Labute approximate surface area is 124 Å².